The first-order valence-corrected chi connectivity index (χ1v) is 11.8. The van der Waals surface area contributed by atoms with E-state index in [1.54, 1.807) is 28.8 Å². The molecular formula is C24H20ClN5O4S. The van der Waals surface area contributed by atoms with Crippen molar-refractivity contribution >= 4 is 40.6 Å². The number of aromatic hydroxyl groups is 1. The molecule has 35 heavy (non-hydrogen) atoms. The van der Waals surface area contributed by atoms with Crippen molar-refractivity contribution in [2.75, 3.05) is 11.1 Å². The van der Waals surface area contributed by atoms with Gasteiger partial charge in [0.05, 0.1) is 21.9 Å². The summed E-state index contributed by atoms with van der Waals surface area (Å²) in [6.45, 7) is 3.96. The van der Waals surface area contributed by atoms with Crippen molar-refractivity contribution < 1.29 is 14.8 Å². The number of nitrogens with one attached hydrogen (secondary N) is 1. The molecule has 0 unspecified atom stereocenters. The van der Waals surface area contributed by atoms with Crippen LogP contribution in [0.4, 0.5) is 11.4 Å². The van der Waals surface area contributed by atoms with Gasteiger partial charge in [-0.2, -0.15) is 0 Å². The van der Waals surface area contributed by atoms with Gasteiger partial charge in [-0.05, 0) is 49.7 Å². The Balaban J connectivity index is 1.63. The van der Waals surface area contributed by atoms with Crippen molar-refractivity contribution in [2.45, 2.75) is 19.0 Å². The van der Waals surface area contributed by atoms with Crippen LogP contribution < -0.4 is 5.32 Å². The molecule has 0 saturated heterocycles. The van der Waals surface area contributed by atoms with Gasteiger partial charge in [-0.15, -0.1) is 10.2 Å². The summed E-state index contributed by atoms with van der Waals surface area (Å²) in [5.41, 5.74) is 3.35. The number of hydrogen-bond acceptors (Lipinski definition) is 7. The number of benzene rings is 3. The second-order valence-electron chi connectivity index (χ2n) is 7.71. The van der Waals surface area contributed by atoms with E-state index in [1.165, 1.54) is 18.2 Å². The number of rotatable bonds is 7. The third kappa shape index (κ3) is 5.28. The number of aryl methyl sites for hydroxylation is 2. The van der Waals surface area contributed by atoms with Crippen LogP contribution in [-0.2, 0) is 4.79 Å². The molecule has 11 heteroatoms. The summed E-state index contributed by atoms with van der Waals surface area (Å²) < 4.78 is 1.80. The molecule has 1 amide bonds. The van der Waals surface area contributed by atoms with Crippen LogP contribution in [0.2, 0.25) is 5.02 Å². The lowest BCUT2D eigenvalue weighted by molar-refractivity contribution is -0.384. The smallest absolute Gasteiger partial charge is 0.289 e. The first kappa shape index (κ1) is 24.2. The average molecular weight is 510 g/mol. The van der Waals surface area contributed by atoms with Gasteiger partial charge in [0.1, 0.15) is 10.8 Å². The Labute approximate surface area is 209 Å². The number of aromatic nitrogens is 3. The molecule has 0 aliphatic heterocycles. The van der Waals surface area contributed by atoms with Crippen LogP contribution in [0, 0.1) is 24.0 Å². The number of anilines is 1. The molecule has 0 spiro atoms. The molecule has 4 rings (SSSR count). The normalized spacial score (nSPS) is 10.8. The van der Waals surface area contributed by atoms with Crippen LogP contribution in [0.3, 0.4) is 0 Å². The topological polar surface area (TPSA) is 123 Å². The number of hydrogen-bond donors (Lipinski definition) is 2. The minimum atomic E-state index is -0.611. The van der Waals surface area contributed by atoms with Gasteiger partial charge in [-0.25, -0.2) is 0 Å². The lowest BCUT2D eigenvalue weighted by atomic mass is 10.1. The van der Waals surface area contributed by atoms with Crippen molar-refractivity contribution in [1.29, 1.82) is 0 Å². The molecule has 4 aromatic rings. The van der Waals surface area contributed by atoms with E-state index in [0.29, 0.717) is 16.5 Å². The summed E-state index contributed by atoms with van der Waals surface area (Å²) in [5.74, 6) is 0.0852. The zero-order valence-electron chi connectivity index (χ0n) is 18.7. The molecule has 3 aromatic carbocycles. The summed E-state index contributed by atoms with van der Waals surface area (Å²) in [6, 6.07) is 16.8. The summed E-state index contributed by atoms with van der Waals surface area (Å²) in [4.78, 5) is 23.1. The van der Waals surface area contributed by atoms with E-state index in [-0.39, 0.29) is 33.8 Å². The number of carbonyl (C=O) groups is 1. The van der Waals surface area contributed by atoms with E-state index in [4.69, 9.17) is 11.6 Å². The van der Waals surface area contributed by atoms with E-state index in [2.05, 4.69) is 15.5 Å². The lowest BCUT2D eigenvalue weighted by Gasteiger charge is -2.14. The number of nitro groups is 1. The molecule has 0 radical (unpaired) electrons. The van der Waals surface area contributed by atoms with Gasteiger partial charge < -0.3 is 10.4 Å². The largest absolute Gasteiger partial charge is 0.507 e. The van der Waals surface area contributed by atoms with Gasteiger partial charge in [0, 0.05) is 11.8 Å². The van der Waals surface area contributed by atoms with E-state index in [9.17, 15) is 20.0 Å². The van der Waals surface area contributed by atoms with Gasteiger partial charge in [0.2, 0.25) is 5.91 Å². The van der Waals surface area contributed by atoms with E-state index >= 15 is 0 Å². The quantitative estimate of drug-likeness (QED) is 0.190. The zero-order valence-corrected chi connectivity index (χ0v) is 20.3. The van der Waals surface area contributed by atoms with E-state index in [1.807, 2.05) is 32.0 Å². The molecule has 0 saturated carbocycles. The Morgan fingerprint density at radius 3 is 2.63 bits per heavy atom. The second kappa shape index (κ2) is 10.2. The first-order valence-electron chi connectivity index (χ1n) is 10.4. The van der Waals surface area contributed by atoms with Crippen LogP contribution in [-0.4, -0.2) is 36.5 Å². The maximum Gasteiger partial charge on any atom is 0.289 e. The molecule has 0 aliphatic carbocycles. The summed E-state index contributed by atoms with van der Waals surface area (Å²) in [6.07, 6.45) is 0. The SMILES string of the molecule is Cc1ccc(-n2c(SCC(=O)Nc3ccc(Cl)c([N+](=O)[O-])c3)nnc2-c2ccccc2O)c(C)c1. The molecule has 1 heterocycles. The highest BCUT2D eigenvalue weighted by atomic mass is 35.5. The van der Waals surface area contributed by atoms with E-state index < -0.39 is 4.92 Å². The van der Waals surface area contributed by atoms with E-state index in [0.717, 1.165) is 28.6 Å². The Hall–Kier alpha value is -3.89. The Kier molecular flexibility index (Phi) is 7.04. The van der Waals surface area contributed by atoms with Gasteiger partial charge in [0.25, 0.3) is 5.69 Å². The molecular weight excluding hydrogens is 490 g/mol. The Morgan fingerprint density at radius 2 is 1.91 bits per heavy atom. The highest BCUT2D eigenvalue weighted by molar-refractivity contribution is 7.99. The third-order valence-electron chi connectivity index (χ3n) is 5.13. The van der Waals surface area contributed by atoms with Gasteiger partial charge >= 0.3 is 0 Å². The maximum absolute atomic E-state index is 12.6. The highest BCUT2D eigenvalue weighted by Crippen LogP contribution is 2.34. The van der Waals surface area contributed by atoms with Crippen LogP contribution in [0.5, 0.6) is 5.75 Å². The number of nitrogens with zero attached hydrogens (tertiary/aromatic N) is 4. The van der Waals surface area contributed by atoms with Gasteiger partial charge in [-0.1, -0.05) is 53.2 Å². The lowest BCUT2D eigenvalue weighted by Crippen LogP contribution is -2.15. The fraction of sp³-hybridized carbons (Fsp3) is 0.125. The highest BCUT2D eigenvalue weighted by Gasteiger charge is 2.21. The van der Waals surface area contributed by atoms with Crippen molar-refractivity contribution in [1.82, 2.24) is 14.8 Å². The van der Waals surface area contributed by atoms with Crippen molar-refractivity contribution in [2.24, 2.45) is 0 Å². The molecule has 9 nitrogen and oxygen atoms in total. The van der Waals surface area contributed by atoms with Crippen LogP contribution >= 0.6 is 23.4 Å². The molecule has 1 aromatic heterocycles. The fourth-order valence-corrected chi connectivity index (χ4v) is 4.46. The monoisotopic (exact) mass is 509 g/mol. The molecule has 0 fully saturated rings. The molecule has 178 valence electrons. The maximum atomic E-state index is 12.6. The van der Waals surface area contributed by atoms with Gasteiger partial charge in [-0.3, -0.25) is 19.5 Å². The average Bonchev–Trinajstić information content (AvgIpc) is 3.22. The number of phenols is 1. The van der Waals surface area contributed by atoms with Crippen LogP contribution in [0.15, 0.2) is 65.8 Å². The number of carbonyl (C=O) groups excluding carboxylic acids is 1. The minimum absolute atomic E-state index is 0.0133. The Bertz CT molecular complexity index is 1440. The Morgan fingerprint density at radius 1 is 1.14 bits per heavy atom. The van der Waals surface area contributed by atoms with Crippen LogP contribution in [0.1, 0.15) is 11.1 Å². The van der Waals surface area contributed by atoms with Crippen molar-refractivity contribution in [3.63, 3.8) is 0 Å². The summed E-state index contributed by atoms with van der Waals surface area (Å²) in [5, 5.41) is 33.2. The second-order valence-corrected chi connectivity index (χ2v) is 9.06. The zero-order chi connectivity index (χ0) is 25.1. The predicted octanol–water partition coefficient (Wildman–Crippen LogP) is 5.55. The van der Waals surface area contributed by atoms with Gasteiger partial charge in [0.15, 0.2) is 11.0 Å². The fourth-order valence-electron chi connectivity index (χ4n) is 3.53. The molecule has 0 atom stereocenters. The molecule has 0 aliphatic rings. The third-order valence-corrected chi connectivity index (χ3v) is 6.38. The number of nitro benzene ring substituents is 1. The standard InChI is InChI=1S/C24H20ClN5O4S/c1-14-7-10-19(15(2)11-14)29-23(17-5-3-4-6-21(17)31)27-28-24(29)35-13-22(32)26-16-8-9-18(25)20(12-16)30(33)34/h3-12,31H,13H2,1-2H3,(H,26,32). The summed E-state index contributed by atoms with van der Waals surface area (Å²) in [7, 11) is 0. The number of halogens is 1. The first-order chi connectivity index (χ1) is 16.7. The number of para-hydroxylation sites is 1. The van der Waals surface area contributed by atoms with Crippen molar-refractivity contribution in [3.8, 4) is 22.8 Å². The predicted molar refractivity (Wildman–Crippen MR) is 135 cm³/mol. The van der Waals surface area contributed by atoms with Crippen LogP contribution in [0.25, 0.3) is 17.1 Å². The number of amides is 1. The van der Waals surface area contributed by atoms with Crippen molar-refractivity contribution in [3.05, 3.63) is 86.9 Å². The molecule has 0 bridgehead atoms. The minimum Gasteiger partial charge on any atom is -0.507 e. The number of thioether (sulfide) groups is 1. The summed E-state index contributed by atoms with van der Waals surface area (Å²) >= 11 is 6.99. The number of phenolic OH excluding ortho intramolecular Hbond substituents is 1. The molecule has 2 N–H and O–H groups in total.